The Kier molecular flexibility index (Phi) is 16.4. The molecule has 0 saturated carbocycles. The number of Topliss-reactive ketones (excluding diaryl/α,β-unsaturated/α-hetero) is 2. The zero-order valence-electron chi connectivity index (χ0n) is 26.8. The van der Waals surface area contributed by atoms with Crippen LogP contribution in [-0.2, 0) is 47.7 Å². The number of rotatable bonds is 22. The van der Waals surface area contributed by atoms with Gasteiger partial charge in [-0.25, -0.2) is 0 Å². The van der Waals surface area contributed by atoms with Crippen LogP contribution in [0.3, 0.4) is 0 Å². The first-order chi connectivity index (χ1) is 22.1. The minimum absolute atomic E-state index is 0.280. The van der Waals surface area contributed by atoms with Crippen molar-refractivity contribution in [3.05, 3.63) is 23.3 Å². The maximum Gasteiger partial charge on any atom is 0.330 e. The number of nitrogens with one attached hydrogen (secondary N) is 2. The first-order valence-corrected chi connectivity index (χ1v) is 16.8. The number of allylic oxidation sites excluding steroid dienone is 3. The van der Waals surface area contributed by atoms with Gasteiger partial charge in [0.1, 0.15) is 0 Å². The number of hydrogen-bond donors (Lipinski definition) is 7. The van der Waals surface area contributed by atoms with E-state index in [4.69, 9.17) is 15.5 Å². The molecule has 0 aromatic rings. The van der Waals surface area contributed by atoms with Crippen LogP contribution >= 0.6 is 7.60 Å². The molecule has 266 valence electrons. The van der Waals surface area contributed by atoms with Crippen molar-refractivity contribution in [2.24, 2.45) is 23.5 Å². The number of carboxylic acids is 2. The Hall–Kier alpha value is -4.34. The zero-order chi connectivity index (χ0) is 36.9. The fourth-order valence-electron chi connectivity index (χ4n) is 4.97. The highest BCUT2D eigenvalue weighted by molar-refractivity contribution is 7.52. The van der Waals surface area contributed by atoms with Crippen LogP contribution in [0.4, 0.5) is 0 Å². The molecule has 1 rings (SSSR count). The van der Waals surface area contributed by atoms with E-state index in [2.05, 4.69) is 10.6 Å². The second kappa shape index (κ2) is 18.9. The van der Waals surface area contributed by atoms with Gasteiger partial charge < -0.3 is 36.4 Å². The van der Waals surface area contributed by atoms with Crippen LogP contribution in [-0.4, -0.2) is 91.0 Å². The summed E-state index contributed by atoms with van der Waals surface area (Å²) in [5.74, 6) is -11.1. The number of carboxylic acid groups (broad SMARTS) is 2. The molecule has 0 bridgehead atoms. The average molecular weight is 700 g/mol. The molecule has 0 radical (unpaired) electrons. The monoisotopic (exact) mass is 699 g/mol. The van der Waals surface area contributed by atoms with Crippen LogP contribution in [0.5, 0.6) is 0 Å². The molecule has 0 aromatic heterocycles. The minimum Gasteiger partial charge on any atom is -0.481 e. The molecule has 48 heavy (non-hydrogen) atoms. The van der Waals surface area contributed by atoms with Crippen molar-refractivity contribution in [3.8, 4) is 0 Å². The lowest BCUT2D eigenvalue weighted by atomic mass is 9.84. The Labute approximate surface area is 275 Å². The average Bonchev–Trinajstić information content (AvgIpc) is 2.95. The highest BCUT2D eigenvalue weighted by atomic mass is 31.2. The molecule has 3 amide bonds. The van der Waals surface area contributed by atoms with E-state index >= 15 is 0 Å². The summed E-state index contributed by atoms with van der Waals surface area (Å²) in [4.78, 5) is 130. The smallest absolute Gasteiger partial charge is 0.330 e. The lowest BCUT2D eigenvalue weighted by Crippen LogP contribution is -2.47. The van der Waals surface area contributed by atoms with Gasteiger partial charge in [-0.3, -0.25) is 47.7 Å². The molecule has 18 heteroatoms. The van der Waals surface area contributed by atoms with E-state index in [9.17, 15) is 57.9 Å². The third-order valence-electron chi connectivity index (χ3n) is 7.80. The fraction of sp³-hybridized carbons (Fsp3) is 0.567. The number of hydrogen-bond acceptors (Lipinski definition) is 10. The van der Waals surface area contributed by atoms with E-state index in [0.717, 1.165) is 13.0 Å². The van der Waals surface area contributed by atoms with Gasteiger partial charge in [0, 0.05) is 62.0 Å². The highest BCUT2D eigenvalue weighted by Gasteiger charge is 2.34. The first kappa shape index (κ1) is 41.7. The summed E-state index contributed by atoms with van der Waals surface area (Å²) in [7, 11) is -4.70. The molecule has 1 aliphatic carbocycles. The third kappa shape index (κ3) is 14.6. The number of primary amides is 1. The zero-order valence-corrected chi connectivity index (χ0v) is 27.7. The molecule has 0 aliphatic heterocycles. The lowest BCUT2D eigenvalue weighted by molar-refractivity contribution is -0.140. The Bertz CT molecular complexity index is 1430. The van der Waals surface area contributed by atoms with Crippen molar-refractivity contribution < 1.29 is 67.7 Å². The second-order valence-electron chi connectivity index (χ2n) is 11.7. The standard InChI is InChI=1S/C30H42N3O14P/c1-4-15(2)20(29(31)43)13-26(38)21(6-8-28(41)42)33-30(44)17(5-7-27(39)40)10-25(37)22(32-16(3)34)9-18-11-24(36)19(12-23(18)35)14-48(45,46)47/h11-12,15,17,20-22H,4-10,13-14H2,1-3H3,(H2,31,43)(H,32,34)(H,33,44)(H,39,40)(H,41,42)(H2,45,46,47). The summed E-state index contributed by atoms with van der Waals surface area (Å²) in [6.45, 7) is 4.51. The van der Waals surface area contributed by atoms with E-state index in [1.54, 1.807) is 13.8 Å². The molecule has 0 fully saturated rings. The summed E-state index contributed by atoms with van der Waals surface area (Å²) in [5.41, 5.74) is 4.72. The minimum atomic E-state index is -4.70. The van der Waals surface area contributed by atoms with Crippen molar-refractivity contribution in [1.82, 2.24) is 10.6 Å². The van der Waals surface area contributed by atoms with Gasteiger partial charge in [0.15, 0.2) is 23.1 Å². The number of carbonyl (C=O) groups excluding carboxylic acids is 7. The summed E-state index contributed by atoms with van der Waals surface area (Å²) in [6.07, 6.45) is -2.67. The van der Waals surface area contributed by atoms with Crippen molar-refractivity contribution in [2.45, 2.75) is 84.2 Å². The molecule has 5 unspecified atom stereocenters. The lowest BCUT2D eigenvalue weighted by Gasteiger charge is -2.25. The van der Waals surface area contributed by atoms with Crippen LogP contribution in [0.1, 0.15) is 72.1 Å². The van der Waals surface area contributed by atoms with Crippen LogP contribution in [0, 0.1) is 17.8 Å². The van der Waals surface area contributed by atoms with Gasteiger partial charge in [0.25, 0.3) is 0 Å². The SMILES string of the molecule is CCC(C)C(CC(=O)C(CCC(=O)O)NC(=O)C(CCC(=O)O)CC(=O)C(CC1=CC(=O)C(CP(=O)(O)O)=CC1=O)NC(C)=O)C(N)=O. The first-order valence-electron chi connectivity index (χ1n) is 15.0. The summed E-state index contributed by atoms with van der Waals surface area (Å²) in [6, 6.07) is -2.93. The molecular weight excluding hydrogens is 657 g/mol. The maximum atomic E-state index is 13.4. The van der Waals surface area contributed by atoms with Crippen LogP contribution in [0.15, 0.2) is 23.3 Å². The Balaban J connectivity index is 3.30. The van der Waals surface area contributed by atoms with Crippen molar-refractivity contribution in [3.63, 3.8) is 0 Å². The quantitative estimate of drug-likeness (QED) is 0.0576. The molecule has 0 heterocycles. The van der Waals surface area contributed by atoms with Crippen LogP contribution in [0.2, 0.25) is 0 Å². The Morgan fingerprint density at radius 2 is 1.35 bits per heavy atom. The number of ketones is 4. The van der Waals surface area contributed by atoms with Gasteiger partial charge in [0.2, 0.25) is 17.7 Å². The van der Waals surface area contributed by atoms with E-state index in [-0.39, 0.29) is 17.9 Å². The van der Waals surface area contributed by atoms with Crippen LogP contribution in [0.25, 0.3) is 0 Å². The Morgan fingerprint density at radius 3 is 1.85 bits per heavy atom. The summed E-state index contributed by atoms with van der Waals surface area (Å²) >= 11 is 0. The molecule has 1 aliphatic rings. The molecule has 5 atom stereocenters. The molecule has 0 saturated heterocycles. The number of nitrogens with two attached hydrogens (primary N) is 1. The Morgan fingerprint density at radius 1 is 0.833 bits per heavy atom. The molecular formula is C30H42N3O14P. The van der Waals surface area contributed by atoms with Gasteiger partial charge in [-0.2, -0.15) is 0 Å². The van der Waals surface area contributed by atoms with E-state index < -0.39 is 135 Å². The van der Waals surface area contributed by atoms with Gasteiger partial charge in [-0.05, 0) is 30.9 Å². The topological polar surface area (TPSA) is 302 Å². The largest absolute Gasteiger partial charge is 0.481 e. The van der Waals surface area contributed by atoms with Gasteiger partial charge in [-0.1, -0.05) is 20.3 Å². The number of amides is 3. The molecule has 17 nitrogen and oxygen atoms in total. The summed E-state index contributed by atoms with van der Waals surface area (Å²) < 4.78 is 11.3. The van der Waals surface area contributed by atoms with Crippen molar-refractivity contribution in [2.75, 3.05) is 6.16 Å². The van der Waals surface area contributed by atoms with Crippen LogP contribution < -0.4 is 16.4 Å². The van der Waals surface area contributed by atoms with Gasteiger partial charge in [-0.15, -0.1) is 0 Å². The predicted molar refractivity (Wildman–Crippen MR) is 166 cm³/mol. The van der Waals surface area contributed by atoms with E-state index in [1.165, 1.54) is 0 Å². The van der Waals surface area contributed by atoms with Gasteiger partial charge in [0.05, 0.1) is 18.2 Å². The number of aliphatic carboxylic acids is 2. The fourth-order valence-corrected chi connectivity index (χ4v) is 5.66. The van der Waals surface area contributed by atoms with Gasteiger partial charge >= 0.3 is 19.5 Å². The second-order valence-corrected chi connectivity index (χ2v) is 13.4. The molecule has 0 spiro atoms. The van der Waals surface area contributed by atoms with E-state index in [1.807, 2.05) is 0 Å². The highest BCUT2D eigenvalue weighted by Crippen LogP contribution is 2.38. The van der Waals surface area contributed by atoms with E-state index in [0.29, 0.717) is 12.5 Å². The normalized spacial score (nSPS) is 16.4. The number of carbonyl (C=O) groups is 9. The van der Waals surface area contributed by atoms with Crippen molar-refractivity contribution >= 4 is 60.4 Å². The molecule has 0 aromatic carbocycles. The molecule has 8 N–H and O–H groups in total. The van der Waals surface area contributed by atoms with Crippen molar-refractivity contribution in [1.29, 1.82) is 0 Å². The maximum absolute atomic E-state index is 13.4. The third-order valence-corrected chi connectivity index (χ3v) is 8.56. The predicted octanol–water partition coefficient (Wildman–Crippen LogP) is -0.0399. The summed E-state index contributed by atoms with van der Waals surface area (Å²) in [5, 5.41) is 23.1.